The Labute approximate surface area is 105 Å². The number of ether oxygens (including phenoxy) is 1. The van der Waals surface area contributed by atoms with Crippen LogP contribution in [0.15, 0.2) is 18.2 Å². The van der Waals surface area contributed by atoms with Crippen molar-refractivity contribution in [3.05, 3.63) is 34.9 Å². The van der Waals surface area contributed by atoms with Gasteiger partial charge < -0.3 is 10.1 Å². The van der Waals surface area contributed by atoms with E-state index in [2.05, 4.69) is 44.3 Å². The molecule has 0 saturated heterocycles. The minimum absolute atomic E-state index is 0.455. The van der Waals surface area contributed by atoms with Crippen molar-refractivity contribution >= 4 is 0 Å². The van der Waals surface area contributed by atoms with E-state index in [1.807, 2.05) is 0 Å². The Balaban J connectivity index is 2.81. The fourth-order valence-corrected chi connectivity index (χ4v) is 2.40. The number of hydrogen-bond acceptors (Lipinski definition) is 2. The molecule has 1 rings (SSSR count). The summed E-state index contributed by atoms with van der Waals surface area (Å²) >= 11 is 0. The Morgan fingerprint density at radius 2 is 1.88 bits per heavy atom. The molecule has 2 heteroatoms. The number of benzene rings is 1. The second kappa shape index (κ2) is 7.46. The van der Waals surface area contributed by atoms with Crippen LogP contribution in [0.2, 0.25) is 0 Å². The SMILES string of the molecule is CCNC(CCCOC)c1c(C)cccc1C. The molecule has 0 bridgehead atoms. The summed E-state index contributed by atoms with van der Waals surface area (Å²) in [5.41, 5.74) is 4.23. The van der Waals surface area contributed by atoms with E-state index in [0.717, 1.165) is 26.0 Å². The van der Waals surface area contributed by atoms with Crippen molar-refractivity contribution in [2.45, 2.75) is 39.7 Å². The largest absolute Gasteiger partial charge is 0.385 e. The van der Waals surface area contributed by atoms with E-state index in [1.165, 1.54) is 16.7 Å². The van der Waals surface area contributed by atoms with Gasteiger partial charge in [-0.2, -0.15) is 0 Å². The van der Waals surface area contributed by atoms with E-state index < -0.39 is 0 Å². The van der Waals surface area contributed by atoms with Crippen LogP contribution in [0.1, 0.15) is 42.5 Å². The summed E-state index contributed by atoms with van der Waals surface area (Å²) in [6, 6.07) is 6.98. The van der Waals surface area contributed by atoms with Crippen molar-refractivity contribution in [3.8, 4) is 0 Å². The smallest absolute Gasteiger partial charge is 0.0462 e. The zero-order valence-corrected chi connectivity index (χ0v) is 11.5. The third kappa shape index (κ3) is 4.14. The van der Waals surface area contributed by atoms with E-state index in [4.69, 9.17) is 4.74 Å². The molecule has 1 atom stereocenters. The number of hydrogen-bond donors (Lipinski definition) is 1. The first-order valence-corrected chi connectivity index (χ1v) is 6.49. The van der Waals surface area contributed by atoms with Gasteiger partial charge in [0.2, 0.25) is 0 Å². The van der Waals surface area contributed by atoms with Crippen LogP contribution in [0, 0.1) is 13.8 Å². The quantitative estimate of drug-likeness (QED) is 0.732. The lowest BCUT2D eigenvalue weighted by Gasteiger charge is -2.22. The normalized spacial score (nSPS) is 12.7. The second-order valence-electron chi connectivity index (χ2n) is 4.55. The molecule has 96 valence electrons. The molecule has 1 aromatic rings. The van der Waals surface area contributed by atoms with Gasteiger partial charge in [0.05, 0.1) is 0 Å². The third-order valence-corrected chi connectivity index (χ3v) is 3.18. The first-order chi connectivity index (χ1) is 8.20. The van der Waals surface area contributed by atoms with E-state index in [9.17, 15) is 0 Å². The van der Waals surface area contributed by atoms with E-state index in [-0.39, 0.29) is 0 Å². The average Bonchev–Trinajstić information content (AvgIpc) is 2.29. The van der Waals surface area contributed by atoms with Gasteiger partial charge in [-0.3, -0.25) is 0 Å². The van der Waals surface area contributed by atoms with Crippen molar-refractivity contribution in [2.24, 2.45) is 0 Å². The summed E-state index contributed by atoms with van der Waals surface area (Å²) < 4.78 is 5.14. The summed E-state index contributed by atoms with van der Waals surface area (Å²) in [6.07, 6.45) is 2.23. The van der Waals surface area contributed by atoms with Crippen LogP contribution in [0.3, 0.4) is 0 Å². The molecule has 1 aromatic carbocycles. The minimum atomic E-state index is 0.455. The van der Waals surface area contributed by atoms with Gasteiger partial charge in [-0.25, -0.2) is 0 Å². The van der Waals surface area contributed by atoms with Crippen LogP contribution in [0.25, 0.3) is 0 Å². The molecule has 0 radical (unpaired) electrons. The Hall–Kier alpha value is -0.860. The van der Waals surface area contributed by atoms with Crippen molar-refractivity contribution in [1.29, 1.82) is 0 Å². The lowest BCUT2D eigenvalue weighted by molar-refractivity contribution is 0.189. The molecular weight excluding hydrogens is 210 g/mol. The maximum Gasteiger partial charge on any atom is 0.0462 e. The molecule has 17 heavy (non-hydrogen) atoms. The maximum atomic E-state index is 5.14. The van der Waals surface area contributed by atoms with Crippen LogP contribution in [0.4, 0.5) is 0 Å². The highest BCUT2D eigenvalue weighted by Gasteiger charge is 2.14. The van der Waals surface area contributed by atoms with Gasteiger partial charge in [0, 0.05) is 19.8 Å². The van der Waals surface area contributed by atoms with Crippen LogP contribution >= 0.6 is 0 Å². The molecule has 0 aliphatic heterocycles. The summed E-state index contributed by atoms with van der Waals surface area (Å²) in [5, 5.41) is 3.58. The van der Waals surface area contributed by atoms with Crippen molar-refractivity contribution in [3.63, 3.8) is 0 Å². The van der Waals surface area contributed by atoms with Crippen LogP contribution in [-0.4, -0.2) is 20.3 Å². The monoisotopic (exact) mass is 235 g/mol. The predicted octanol–water partition coefficient (Wildman–Crippen LogP) is 3.38. The van der Waals surface area contributed by atoms with Crippen LogP contribution < -0.4 is 5.32 Å². The molecule has 0 saturated carbocycles. The van der Waals surface area contributed by atoms with Gasteiger partial charge in [-0.15, -0.1) is 0 Å². The van der Waals surface area contributed by atoms with Crippen LogP contribution in [0.5, 0.6) is 0 Å². The number of nitrogens with one attached hydrogen (secondary N) is 1. The molecule has 0 aromatic heterocycles. The molecule has 0 aliphatic rings. The molecule has 1 N–H and O–H groups in total. The summed E-state index contributed by atoms with van der Waals surface area (Å²) in [6.45, 7) is 8.40. The maximum absolute atomic E-state index is 5.14. The minimum Gasteiger partial charge on any atom is -0.385 e. The average molecular weight is 235 g/mol. The molecular formula is C15H25NO. The van der Waals surface area contributed by atoms with Gasteiger partial charge in [0.1, 0.15) is 0 Å². The van der Waals surface area contributed by atoms with E-state index in [0.29, 0.717) is 6.04 Å². The first-order valence-electron chi connectivity index (χ1n) is 6.49. The molecule has 0 fully saturated rings. The summed E-state index contributed by atoms with van der Waals surface area (Å²) in [5.74, 6) is 0. The predicted molar refractivity (Wildman–Crippen MR) is 73.4 cm³/mol. The standard InChI is InChI=1S/C15H25NO/c1-5-16-14(10-7-11-17-4)15-12(2)8-6-9-13(15)3/h6,8-9,14,16H,5,7,10-11H2,1-4H3. The highest BCUT2D eigenvalue weighted by atomic mass is 16.5. The van der Waals surface area contributed by atoms with Crippen molar-refractivity contribution in [2.75, 3.05) is 20.3 Å². The zero-order chi connectivity index (χ0) is 12.7. The van der Waals surface area contributed by atoms with E-state index in [1.54, 1.807) is 7.11 Å². The molecule has 0 spiro atoms. The Morgan fingerprint density at radius 3 is 2.41 bits per heavy atom. The highest BCUT2D eigenvalue weighted by Crippen LogP contribution is 2.25. The highest BCUT2D eigenvalue weighted by molar-refractivity contribution is 5.36. The van der Waals surface area contributed by atoms with Crippen molar-refractivity contribution in [1.82, 2.24) is 5.32 Å². The van der Waals surface area contributed by atoms with Crippen molar-refractivity contribution < 1.29 is 4.74 Å². The molecule has 0 aliphatic carbocycles. The Bertz CT molecular complexity index is 315. The Morgan fingerprint density at radius 1 is 1.24 bits per heavy atom. The number of rotatable bonds is 7. The molecule has 0 heterocycles. The lowest BCUT2D eigenvalue weighted by Crippen LogP contribution is -2.23. The topological polar surface area (TPSA) is 21.3 Å². The second-order valence-corrected chi connectivity index (χ2v) is 4.55. The van der Waals surface area contributed by atoms with E-state index >= 15 is 0 Å². The number of methoxy groups -OCH3 is 1. The van der Waals surface area contributed by atoms with Gasteiger partial charge in [0.25, 0.3) is 0 Å². The lowest BCUT2D eigenvalue weighted by atomic mass is 9.93. The first kappa shape index (κ1) is 14.2. The third-order valence-electron chi connectivity index (χ3n) is 3.18. The van der Waals surface area contributed by atoms with Crippen LogP contribution in [-0.2, 0) is 4.74 Å². The molecule has 1 unspecified atom stereocenters. The van der Waals surface area contributed by atoms with Gasteiger partial charge in [0.15, 0.2) is 0 Å². The Kier molecular flexibility index (Phi) is 6.23. The molecule has 0 amide bonds. The number of aryl methyl sites for hydroxylation is 2. The molecule has 2 nitrogen and oxygen atoms in total. The summed E-state index contributed by atoms with van der Waals surface area (Å²) in [4.78, 5) is 0. The van der Waals surface area contributed by atoms with Gasteiger partial charge in [-0.1, -0.05) is 25.1 Å². The zero-order valence-electron chi connectivity index (χ0n) is 11.5. The van der Waals surface area contributed by atoms with Gasteiger partial charge >= 0.3 is 0 Å². The van der Waals surface area contributed by atoms with Gasteiger partial charge in [-0.05, 0) is 49.9 Å². The summed E-state index contributed by atoms with van der Waals surface area (Å²) in [7, 11) is 1.77. The fourth-order valence-electron chi connectivity index (χ4n) is 2.40. The fraction of sp³-hybridized carbons (Fsp3) is 0.600.